The second-order valence-corrected chi connectivity index (χ2v) is 4.92. The van der Waals surface area contributed by atoms with E-state index in [4.69, 9.17) is 4.74 Å². The Kier molecular flexibility index (Phi) is 7.43. The van der Waals surface area contributed by atoms with E-state index in [2.05, 4.69) is 16.0 Å². The average Bonchev–Trinajstić information content (AvgIpc) is 2.39. The predicted molar refractivity (Wildman–Crippen MR) is 72.7 cm³/mol. The normalized spacial score (nSPS) is 20.6. The van der Waals surface area contributed by atoms with E-state index in [0.717, 1.165) is 19.4 Å². The Morgan fingerprint density at radius 3 is 2.84 bits per heavy atom. The predicted octanol–water partition coefficient (Wildman–Crippen LogP) is -0.214. The molecule has 2 amide bonds. The van der Waals surface area contributed by atoms with Crippen molar-refractivity contribution in [3.8, 4) is 0 Å². The van der Waals surface area contributed by atoms with Gasteiger partial charge in [-0.25, -0.2) is 0 Å². The van der Waals surface area contributed by atoms with E-state index in [0.29, 0.717) is 19.6 Å². The number of nitrogens with one attached hydrogen (secondary N) is 3. The summed E-state index contributed by atoms with van der Waals surface area (Å²) in [5.41, 5.74) is 0. The van der Waals surface area contributed by atoms with E-state index in [-0.39, 0.29) is 17.9 Å². The summed E-state index contributed by atoms with van der Waals surface area (Å²) < 4.78 is 4.84. The summed E-state index contributed by atoms with van der Waals surface area (Å²) >= 11 is 0. The van der Waals surface area contributed by atoms with Gasteiger partial charge in [-0.3, -0.25) is 9.59 Å². The molecule has 3 N–H and O–H groups in total. The van der Waals surface area contributed by atoms with Gasteiger partial charge in [0, 0.05) is 26.1 Å². The molecule has 1 saturated heterocycles. The first kappa shape index (κ1) is 15.9. The third kappa shape index (κ3) is 6.54. The highest BCUT2D eigenvalue weighted by atomic mass is 16.5. The number of methoxy groups -OCH3 is 1. The fourth-order valence-corrected chi connectivity index (χ4v) is 2.12. The maximum atomic E-state index is 11.8. The highest BCUT2D eigenvalue weighted by Crippen LogP contribution is 2.09. The van der Waals surface area contributed by atoms with E-state index in [1.54, 1.807) is 14.0 Å². The van der Waals surface area contributed by atoms with Crippen LogP contribution in [0.15, 0.2) is 0 Å². The molecule has 0 aromatic carbocycles. The Hall–Kier alpha value is -1.14. The molecule has 1 aliphatic heterocycles. The summed E-state index contributed by atoms with van der Waals surface area (Å²) in [6.07, 6.45) is 3.81. The van der Waals surface area contributed by atoms with Gasteiger partial charge in [0.05, 0.1) is 6.61 Å². The van der Waals surface area contributed by atoms with E-state index < -0.39 is 6.04 Å². The molecule has 0 spiro atoms. The lowest BCUT2D eigenvalue weighted by atomic mass is 10.0. The zero-order valence-corrected chi connectivity index (χ0v) is 11.8. The summed E-state index contributed by atoms with van der Waals surface area (Å²) in [5, 5.41) is 8.74. The first-order valence-corrected chi connectivity index (χ1v) is 6.93. The van der Waals surface area contributed by atoms with Crippen molar-refractivity contribution in [2.45, 2.75) is 44.7 Å². The topological polar surface area (TPSA) is 79.5 Å². The summed E-state index contributed by atoms with van der Waals surface area (Å²) in [4.78, 5) is 23.4. The second-order valence-electron chi connectivity index (χ2n) is 4.92. The van der Waals surface area contributed by atoms with E-state index in [1.807, 2.05) is 0 Å². The number of carbonyl (C=O) groups is 2. The average molecular weight is 271 g/mol. The van der Waals surface area contributed by atoms with Gasteiger partial charge in [-0.15, -0.1) is 0 Å². The minimum Gasteiger partial charge on any atom is -0.383 e. The van der Waals surface area contributed by atoms with Crippen molar-refractivity contribution < 1.29 is 14.3 Å². The Balaban J connectivity index is 2.20. The molecule has 19 heavy (non-hydrogen) atoms. The molecule has 0 aromatic heterocycles. The SMILES string of the molecule is COCCNC(=O)C(C)NC(=O)CC1CCCCN1. The zero-order valence-electron chi connectivity index (χ0n) is 11.8. The van der Waals surface area contributed by atoms with Crippen molar-refractivity contribution in [3.05, 3.63) is 0 Å². The Morgan fingerprint density at radius 1 is 1.42 bits per heavy atom. The van der Waals surface area contributed by atoms with E-state index >= 15 is 0 Å². The van der Waals surface area contributed by atoms with Crippen LogP contribution in [0.2, 0.25) is 0 Å². The standard InChI is InChI=1S/C13H25N3O3/c1-10(13(18)15-7-8-19-2)16-12(17)9-11-5-3-4-6-14-11/h10-11,14H,3-9H2,1-2H3,(H,15,18)(H,16,17). The third-order valence-electron chi connectivity index (χ3n) is 3.22. The summed E-state index contributed by atoms with van der Waals surface area (Å²) in [6.45, 7) is 3.59. The molecule has 2 atom stereocenters. The minimum absolute atomic E-state index is 0.0752. The molecule has 0 aromatic rings. The van der Waals surface area contributed by atoms with Crippen molar-refractivity contribution in [3.63, 3.8) is 0 Å². The van der Waals surface area contributed by atoms with Crippen LogP contribution in [0.3, 0.4) is 0 Å². The molecule has 6 nitrogen and oxygen atoms in total. The molecule has 1 heterocycles. The van der Waals surface area contributed by atoms with Crippen LogP contribution in [0.4, 0.5) is 0 Å². The first-order chi connectivity index (χ1) is 9.13. The molecule has 1 aliphatic rings. The van der Waals surface area contributed by atoms with Crippen molar-refractivity contribution in [2.24, 2.45) is 0 Å². The van der Waals surface area contributed by atoms with Gasteiger partial charge < -0.3 is 20.7 Å². The minimum atomic E-state index is -0.507. The van der Waals surface area contributed by atoms with Crippen LogP contribution in [-0.4, -0.2) is 50.7 Å². The fraction of sp³-hybridized carbons (Fsp3) is 0.846. The van der Waals surface area contributed by atoms with Gasteiger partial charge >= 0.3 is 0 Å². The zero-order chi connectivity index (χ0) is 14.1. The monoisotopic (exact) mass is 271 g/mol. The third-order valence-corrected chi connectivity index (χ3v) is 3.22. The highest BCUT2D eigenvalue weighted by Gasteiger charge is 2.19. The molecule has 2 unspecified atom stereocenters. The molecule has 0 radical (unpaired) electrons. The van der Waals surface area contributed by atoms with Crippen molar-refractivity contribution >= 4 is 11.8 Å². The molecule has 110 valence electrons. The maximum Gasteiger partial charge on any atom is 0.242 e. The second kappa shape index (κ2) is 8.87. The van der Waals surface area contributed by atoms with Gasteiger partial charge in [0.1, 0.15) is 6.04 Å². The largest absolute Gasteiger partial charge is 0.383 e. The van der Waals surface area contributed by atoms with Crippen molar-refractivity contribution in [1.82, 2.24) is 16.0 Å². The highest BCUT2D eigenvalue weighted by molar-refractivity contribution is 5.87. The molecule has 0 saturated carbocycles. The van der Waals surface area contributed by atoms with Gasteiger partial charge in [-0.05, 0) is 26.3 Å². The molecular formula is C13H25N3O3. The number of ether oxygens (including phenoxy) is 1. The van der Waals surface area contributed by atoms with Crippen LogP contribution in [0.5, 0.6) is 0 Å². The number of hydrogen-bond donors (Lipinski definition) is 3. The molecule has 6 heteroatoms. The smallest absolute Gasteiger partial charge is 0.242 e. The van der Waals surface area contributed by atoms with Crippen LogP contribution in [-0.2, 0) is 14.3 Å². The van der Waals surface area contributed by atoms with Crippen LogP contribution in [0, 0.1) is 0 Å². The quantitative estimate of drug-likeness (QED) is 0.560. The van der Waals surface area contributed by atoms with Crippen molar-refractivity contribution in [1.29, 1.82) is 0 Å². The van der Waals surface area contributed by atoms with Gasteiger partial charge in [-0.1, -0.05) is 6.42 Å². The lowest BCUT2D eigenvalue weighted by Crippen LogP contribution is -2.47. The van der Waals surface area contributed by atoms with Crippen molar-refractivity contribution in [2.75, 3.05) is 26.8 Å². The lowest BCUT2D eigenvalue weighted by Gasteiger charge is -2.23. The van der Waals surface area contributed by atoms with E-state index in [1.165, 1.54) is 6.42 Å². The molecule has 1 fully saturated rings. The summed E-state index contributed by atoms with van der Waals surface area (Å²) in [5.74, 6) is -0.254. The fourth-order valence-electron chi connectivity index (χ4n) is 2.12. The van der Waals surface area contributed by atoms with Gasteiger partial charge in [-0.2, -0.15) is 0 Å². The van der Waals surface area contributed by atoms with E-state index in [9.17, 15) is 9.59 Å². The van der Waals surface area contributed by atoms with Crippen LogP contribution < -0.4 is 16.0 Å². The summed E-state index contributed by atoms with van der Waals surface area (Å²) in [7, 11) is 1.58. The Bertz CT molecular complexity index is 291. The van der Waals surface area contributed by atoms with Crippen LogP contribution in [0.1, 0.15) is 32.6 Å². The maximum absolute atomic E-state index is 11.8. The molecule has 0 bridgehead atoms. The molecule has 1 rings (SSSR count). The lowest BCUT2D eigenvalue weighted by molar-refractivity contribution is -0.129. The summed E-state index contributed by atoms with van der Waals surface area (Å²) in [6, 6.07) is -0.259. The van der Waals surface area contributed by atoms with Crippen LogP contribution >= 0.6 is 0 Å². The molecule has 0 aliphatic carbocycles. The Morgan fingerprint density at radius 2 is 2.21 bits per heavy atom. The number of carbonyl (C=O) groups excluding carboxylic acids is 2. The Labute approximate surface area is 114 Å². The molecular weight excluding hydrogens is 246 g/mol. The first-order valence-electron chi connectivity index (χ1n) is 6.93. The number of piperidine rings is 1. The van der Waals surface area contributed by atoms with Crippen LogP contribution in [0.25, 0.3) is 0 Å². The number of hydrogen-bond acceptors (Lipinski definition) is 4. The van der Waals surface area contributed by atoms with Gasteiger partial charge in [0.25, 0.3) is 0 Å². The number of rotatable bonds is 7. The van der Waals surface area contributed by atoms with Gasteiger partial charge in [0.2, 0.25) is 11.8 Å². The number of amides is 2. The van der Waals surface area contributed by atoms with Gasteiger partial charge in [0.15, 0.2) is 0 Å².